The molecule has 0 saturated heterocycles. The van der Waals surface area contributed by atoms with Crippen molar-refractivity contribution in [1.82, 2.24) is 0 Å². The summed E-state index contributed by atoms with van der Waals surface area (Å²) in [5.74, 6) is -0.538. The minimum absolute atomic E-state index is 0.178. The van der Waals surface area contributed by atoms with E-state index < -0.39 is 0 Å². The molecule has 0 aliphatic carbocycles. The zero-order chi connectivity index (χ0) is 15.2. The van der Waals surface area contributed by atoms with E-state index in [0.717, 1.165) is 5.56 Å². The molecule has 0 unspecified atom stereocenters. The Morgan fingerprint density at radius 2 is 1.76 bits per heavy atom. The van der Waals surface area contributed by atoms with Crippen molar-refractivity contribution in [2.75, 3.05) is 11.9 Å². The fourth-order valence-corrected chi connectivity index (χ4v) is 1.93. The molecule has 2 rings (SSSR count). The van der Waals surface area contributed by atoms with Crippen molar-refractivity contribution in [2.45, 2.75) is 13.8 Å². The summed E-state index contributed by atoms with van der Waals surface area (Å²) in [5, 5.41) is 2.83. The smallest absolute Gasteiger partial charge is 0.338 e. The van der Waals surface area contributed by atoms with Gasteiger partial charge in [0.05, 0.1) is 12.2 Å². The average molecular weight is 283 g/mol. The third-order valence-electron chi connectivity index (χ3n) is 3.02. The lowest BCUT2D eigenvalue weighted by molar-refractivity contribution is 0.0526. The van der Waals surface area contributed by atoms with Crippen LogP contribution in [0.25, 0.3) is 0 Å². The van der Waals surface area contributed by atoms with Crippen molar-refractivity contribution in [3.05, 3.63) is 65.2 Å². The highest BCUT2D eigenvalue weighted by atomic mass is 16.5. The van der Waals surface area contributed by atoms with Gasteiger partial charge < -0.3 is 10.1 Å². The molecule has 1 N–H and O–H groups in total. The number of nitrogens with one attached hydrogen (secondary N) is 1. The zero-order valence-electron chi connectivity index (χ0n) is 12.1. The summed E-state index contributed by atoms with van der Waals surface area (Å²) in [5.41, 5.74) is 2.56. The summed E-state index contributed by atoms with van der Waals surface area (Å²) in [7, 11) is 0. The molecular formula is C17H17NO3. The van der Waals surface area contributed by atoms with Gasteiger partial charge in [0.15, 0.2) is 0 Å². The van der Waals surface area contributed by atoms with Gasteiger partial charge in [0.25, 0.3) is 5.91 Å². The standard InChI is InChI=1S/C17H17NO3/c1-3-21-17(20)14-9-10-15(12(2)11-14)18-16(19)13-7-5-4-6-8-13/h4-11H,3H2,1-2H3,(H,18,19). The Morgan fingerprint density at radius 3 is 2.38 bits per heavy atom. The van der Waals surface area contributed by atoms with Gasteiger partial charge in [0, 0.05) is 11.3 Å². The molecule has 0 radical (unpaired) electrons. The van der Waals surface area contributed by atoms with Gasteiger partial charge in [-0.3, -0.25) is 4.79 Å². The molecule has 0 saturated carbocycles. The van der Waals surface area contributed by atoms with Gasteiger partial charge in [-0.15, -0.1) is 0 Å². The number of rotatable bonds is 4. The van der Waals surface area contributed by atoms with Crippen molar-refractivity contribution in [3.63, 3.8) is 0 Å². The van der Waals surface area contributed by atoms with Crippen LogP contribution in [0.1, 0.15) is 33.2 Å². The van der Waals surface area contributed by atoms with Crippen molar-refractivity contribution >= 4 is 17.6 Å². The van der Waals surface area contributed by atoms with Crippen LogP contribution >= 0.6 is 0 Å². The van der Waals surface area contributed by atoms with Gasteiger partial charge in [-0.25, -0.2) is 4.79 Å². The van der Waals surface area contributed by atoms with Gasteiger partial charge >= 0.3 is 5.97 Å². The highest BCUT2D eigenvalue weighted by Crippen LogP contribution is 2.18. The van der Waals surface area contributed by atoms with Gasteiger partial charge in [0.1, 0.15) is 0 Å². The molecule has 4 nitrogen and oxygen atoms in total. The molecule has 0 aliphatic heterocycles. The van der Waals surface area contributed by atoms with Crippen LogP contribution in [0.4, 0.5) is 5.69 Å². The zero-order valence-corrected chi connectivity index (χ0v) is 12.1. The number of amides is 1. The maximum atomic E-state index is 12.1. The Labute approximate surface area is 123 Å². The molecule has 0 heterocycles. The molecule has 21 heavy (non-hydrogen) atoms. The molecule has 2 aromatic carbocycles. The van der Waals surface area contributed by atoms with E-state index in [2.05, 4.69) is 5.32 Å². The molecule has 0 spiro atoms. The highest BCUT2D eigenvalue weighted by molar-refractivity contribution is 6.04. The van der Waals surface area contributed by atoms with Gasteiger partial charge in [0.2, 0.25) is 0 Å². The molecular weight excluding hydrogens is 266 g/mol. The van der Waals surface area contributed by atoms with E-state index in [1.165, 1.54) is 0 Å². The molecule has 1 amide bonds. The van der Waals surface area contributed by atoms with Crippen molar-refractivity contribution in [1.29, 1.82) is 0 Å². The van der Waals surface area contributed by atoms with E-state index in [4.69, 9.17) is 4.74 Å². The molecule has 0 bridgehead atoms. The quantitative estimate of drug-likeness (QED) is 0.875. The van der Waals surface area contributed by atoms with Crippen molar-refractivity contribution < 1.29 is 14.3 Å². The number of aryl methyl sites for hydroxylation is 1. The number of benzene rings is 2. The Balaban J connectivity index is 2.15. The second-order valence-corrected chi connectivity index (χ2v) is 4.57. The van der Waals surface area contributed by atoms with Crippen LogP contribution in [0.3, 0.4) is 0 Å². The molecule has 0 fully saturated rings. The Hall–Kier alpha value is -2.62. The van der Waals surface area contributed by atoms with Crippen LogP contribution in [0, 0.1) is 6.92 Å². The molecule has 2 aromatic rings. The number of carbonyl (C=O) groups excluding carboxylic acids is 2. The Bertz CT molecular complexity index is 650. The van der Waals surface area contributed by atoms with E-state index >= 15 is 0 Å². The second-order valence-electron chi connectivity index (χ2n) is 4.57. The summed E-state index contributed by atoms with van der Waals surface area (Å²) < 4.78 is 4.95. The number of esters is 1. The maximum Gasteiger partial charge on any atom is 0.338 e. The van der Waals surface area contributed by atoms with E-state index in [-0.39, 0.29) is 11.9 Å². The monoisotopic (exact) mass is 283 g/mol. The predicted molar refractivity (Wildman–Crippen MR) is 81.5 cm³/mol. The first-order chi connectivity index (χ1) is 10.1. The minimum atomic E-state index is -0.360. The Morgan fingerprint density at radius 1 is 1.05 bits per heavy atom. The summed E-state index contributed by atoms with van der Waals surface area (Å²) >= 11 is 0. The first-order valence-electron chi connectivity index (χ1n) is 6.76. The predicted octanol–water partition coefficient (Wildman–Crippen LogP) is 3.42. The average Bonchev–Trinajstić information content (AvgIpc) is 2.50. The topological polar surface area (TPSA) is 55.4 Å². The minimum Gasteiger partial charge on any atom is -0.462 e. The largest absolute Gasteiger partial charge is 0.462 e. The molecule has 0 atom stereocenters. The second kappa shape index (κ2) is 6.70. The first-order valence-corrected chi connectivity index (χ1v) is 6.76. The van der Waals surface area contributed by atoms with E-state index in [0.29, 0.717) is 23.4 Å². The van der Waals surface area contributed by atoms with Crippen molar-refractivity contribution in [2.24, 2.45) is 0 Å². The lowest BCUT2D eigenvalue weighted by atomic mass is 10.1. The van der Waals surface area contributed by atoms with Gasteiger partial charge in [-0.05, 0) is 49.7 Å². The van der Waals surface area contributed by atoms with Crippen molar-refractivity contribution in [3.8, 4) is 0 Å². The summed E-state index contributed by atoms with van der Waals surface area (Å²) in [6, 6.07) is 14.0. The number of anilines is 1. The first kappa shape index (κ1) is 14.8. The van der Waals surface area contributed by atoms with Gasteiger partial charge in [-0.1, -0.05) is 18.2 Å². The molecule has 108 valence electrons. The normalized spacial score (nSPS) is 10.0. The lowest BCUT2D eigenvalue weighted by Gasteiger charge is -2.10. The number of ether oxygens (including phenoxy) is 1. The lowest BCUT2D eigenvalue weighted by Crippen LogP contribution is -2.13. The number of hydrogen-bond donors (Lipinski definition) is 1. The van der Waals surface area contributed by atoms with Crippen LogP contribution in [-0.2, 0) is 4.74 Å². The van der Waals surface area contributed by atoms with Crippen LogP contribution < -0.4 is 5.32 Å². The van der Waals surface area contributed by atoms with Crippen LogP contribution in [0.15, 0.2) is 48.5 Å². The molecule has 4 heteroatoms. The third-order valence-corrected chi connectivity index (χ3v) is 3.02. The fraction of sp³-hybridized carbons (Fsp3) is 0.176. The SMILES string of the molecule is CCOC(=O)c1ccc(NC(=O)c2ccccc2)c(C)c1. The van der Waals surface area contributed by atoms with E-state index in [1.807, 2.05) is 25.1 Å². The summed E-state index contributed by atoms with van der Waals surface area (Å²) in [4.78, 5) is 23.7. The van der Waals surface area contributed by atoms with Gasteiger partial charge in [-0.2, -0.15) is 0 Å². The van der Waals surface area contributed by atoms with E-state index in [1.54, 1.807) is 37.3 Å². The Kier molecular flexibility index (Phi) is 4.72. The highest BCUT2D eigenvalue weighted by Gasteiger charge is 2.11. The summed E-state index contributed by atoms with van der Waals surface area (Å²) in [6.45, 7) is 3.94. The van der Waals surface area contributed by atoms with Crippen LogP contribution in [-0.4, -0.2) is 18.5 Å². The third kappa shape index (κ3) is 3.69. The van der Waals surface area contributed by atoms with Crippen LogP contribution in [0.2, 0.25) is 0 Å². The van der Waals surface area contributed by atoms with Crippen LogP contribution in [0.5, 0.6) is 0 Å². The number of hydrogen-bond acceptors (Lipinski definition) is 3. The molecule has 0 aromatic heterocycles. The fourth-order valence-electron chi connectivity index (χ4n) is 1.93. The van der Waals surface area contributed by atoms with E-state index in [9.17, 15) is 9.59 Å². The molecule has 0 aliphatic rings. The number of carbonyl (C=O) groups is 2. The summed E-state index contributed by atoms with van der Waals surface area (Å²) in [6.07, 6.45) is 0. The maximum absolute atomic E-state index is 12.1.